The summed E-state index contributed by atoms with van der Waals surface area (Å²) in [7, 11) is 0. The third kappa shape index (κ3) is 2.20. The molecule has 1 heterocycles. The van der Waals surface area contributed by atoms with E-state index in [9.17, 15) is 4.39 Å². The van der Waals surface area contributed by atoms with E-state index in [1.54, 1.807) is 18.3 Å². The number of hydrogen-bond acceptors (Lipinski definition) is 1. The monoisotopic (exact) mass is 298 g/mol. The van der Waals surface area contributed by atoms with Crippen molar-refractivity contribution in [2.75, 3.05) is 0 Å². The minimum atomic E-state index is -0.148. The summed E-state index contributed by atoms with van der Waals surface area (Å²) in [6.07, 6.45) is 0. The van der Waals surface area contributed by atoms with E-state index < -0.39 is 0 Å². The van der Waals surface area contributed by atoms with Gasteiger partial charge in [-0.2, -0.15) is 11.3 Å². The summed E-state index contributed by atoms with van der Waals surface area (Å²) in [6, 6.07) is 5.26. The van der Waals surface area contributed by atoms with E-state index in [-0.39, 0.29) is 10.6 Å². The second kappa shape index (κ2) is 4.68. The van der Waals surface area contributed by atoms with Gasteiger partial charge in [-0.15, -0.1) is 0 Å². The van der Waals surface area contributed by atoms with Gasteiger partial charge in [-0.3, -0.25) is 0 Å². The van der Waals surface area contributed by atoms with E-state index in [2.05, 4.69) is 33.6 Å². The van der Waals surface area contributed by atoms with E-state index in [1.807, 2.05) is 12.1 Å². The van der Waals surface area contributed by atoms with Crippen molar-refractivity contribution in [1.82, 2.24) is 0 Å². The first-order valence-corrected chi connectivity index (χ1v) is 6.88. The second-order valence-electron chi connectivity index (χ2n) is 3.88. The Morgan fingerprint density at radius 2 is 1.94 bits per heavy atom. The van der Waals surface area contributed by atoms with E-state index in [0.717, 1.165) is 5.56 Å². The first-order valence-electron chi connectivity index (χ1n) is 5.02. The number of benzene rings is 1. The van der Waals surface area contributed by atoms with Gasteiger partial charge in [0.25, 0.3) is 0 Å². The zero-order valence-electron chi connectivity index (χ0n) is 9.13. The average molecular weight is 299 g/mol. The van der Waals surface area contributed by atoms with Gasteiger partial charge in [0, 0.05) is 0 Å². The molecule has 0 amide bonds. The summed E-state index contributed by atoms with van der Waals surface area (Å²) in [5, 5.41) is 4.26. The number of aryl methyl sites for hydroxylation is 2. The summed E-state index contributed by atoms with van der Waals surface area (Å²) in [6.45, 7) is 3.88. The molecule has 0 saturated carbocycles. The Morgan fingerprint density at radius 1 is 1.19 bits per heavy atom. The van der Waals surface area contributed by atoms with Crippen molar-refractivity contribution in [2.45, 2.75) is 18.7 Å². The summed E-state index contributed by atoms with van der Waals surface area (Å²) < 4.78 is 13.2. The van der Waals surface area contributed by atoms with Crippen LogP contribution < -0.4 is 0 Å². The molecule has 0 N–H and O–H groups in total. The molecule has 2 rings (SSSR count). The van der Waals surface area contributed by atoms with Gasteiger partial charge < -0.3 is 0 Å². The van der Waals surface area contributed by atoms with Crippen molar-refractivity contribution < 1.29 is 4.39 Å². The molecular weight excluding hydrogens is 287 g/mol. The van der Waals surface area contributed by atoms with E-state index in [0.29, 0.717) is 5.56 Å². The molecule has 0 radical (unpaired) electrons. The molecule has 0 aliphatic heterocycles. The maximum Gasteiger partial charge on any atom is 0.126 e. The Labute approximate surface area is 107 Å². The maximum absolute atomic E-state index is 13.2. The quantitative estimate of drug-likeness (QED) is 0.685. The van der Waals surface area contributed by atoms with Gasteiger partial charge in [-0.1, -0.05) is 28.1 Å². The molecule has 0 fully saturated rings. The Bertz CT molecular complexity index is 504. The van der Waals surface area contributed by atoms with Crippen LogP contribution in [0, 0.1) is 19.7 Å². The fourth-order valence-corrected chi connectivity index (χ4v) is 3.46. The van der Waals surface area contributed by atoms with Crippen LogP contribution in [0.4, 0.5) is 4.39 Å². The third-order valence-electron chi connectivity index (χ3n) is 2.64. The highest BCUT2D eigenvalue weighted by Gasteiger charge is 2.14. The van der Waals surface area contributed by atoms with Gasteiger partial charge in [-0.05, 0) is 52.9 Å². The van der Waals surface area contributed by atoms with Crippen LogP contribution in [-0.4, -0.2) is 0 Å². The van der Waals surface area contributed by atoms with Crippen LogP contribution in [0.3, 0.4) is 0 Å². The molecule has 0 spiro atoms. The third-order valence-corrected chi connectivity index (χ3v) is 4.54. The van der Waals surface area contributed by atoms with E-state index in [4.69, 9.17) is 0 Å². The van der Waals surface area contributed by atoms with Crippen LogP contribution in [-0.2, 0) is 0 Å². The lowest BCUT2D eigenvalue weighted by Gasteiger charge is -2.11. The van der Waals surface area contributed by atoms with Gasteiger partial charge in [-0.25, -0.2) is 4.39 Å². The molecular formula is C13H12BrFS. The molecule has 1 aromatic carbocycles. The summed E-state index contributed by atoms with van der Waals surface area (Å²) in [5.74, 6) is -0.148. The van der Waals surface area contributed by atoms with Crippen LogP contribution >= 0.6 is 27.3 Å². The normalized spacial score (nSPS) is 12.8. The van der Waals surface area contributed by atoms with Crippen molar-refractivity contribution in [1.29, 1.82) is 0 Å². The Hall–Kier alpha value is -0.670. The van der Waals surface area contributed by atoms with E-state index >= 15 is 0 Å². The minimum absolute atomic E-state index is 0.148. The predicted molar refractivity (Wildman–Crippen MR) is 71.0 cm³/mol. The number of alkyl halides is 1. The number of halogens is 2. The first-order chi connectivity index (χ1) is 7.59. The Morgan fingerprint density at radius 3 is 2.50 bits per heavy atom. The number of rotatable bonds is 2. The Kier molecular flexibility index (Phi) is 3.45. The van der Waals surface area contributed by atoms with Gasteiger partial charge in [0.05, 0.1) is 4.83 Å². The van der Waals surface area contributed by atoms with Crippen LogP contribution in [0.2, 0.25) is 0 Å². The molecule has 0 nitrogen and oxygen atoms in total. The lowest BCUT2D eigenvalue weighted by atomic mass is 10.0. The average Bonchev–Trinajstić information content (AvgIpc) is 2.67. The highest BCUT2D eigenvalue weighted by Crippen LogP contribution is 2.35. The number of hydrogen-bond donors (Lipinski definition) is 0. The molecule has 84 valence electrons. The molecule has 0 saturated heterocycles. The lowest BCUT2D eigenvalue weighted by molar-refractivity contribution is 0.618. The maximum atomic E-state index is 13.2. The lowest BCUT2D eigenvalue weighted by Crippen LogP contribution is -1.94. The SMILES string of the molecule is Cc1cc(C(Br)c2cscc2C)ccc1F. The Balaban J connectivity index is 2.38. The van der Waals surface area contributed by atoms with Crippen molar-refractivity contribution in [3.63, 3.8) is 0 Å². The molecule has 0 aliphatic rings. The fourth-order valence-electron chi connectivity index (χ4n) is 1.64. The van der Waals surface area contributed by atoms with Crippen LogP contribution in [0.1, 0.15) is 27.1 Å². The van der Waals surface area contributed by atoms with Gasteiger partial charge in [0.15, 0.2) is 0 Å². The summed E-state index contributed by atoms with van der Waals surface area (Å²) >= 11 is 5.36. The van der Waals surface area contributed by atoms with Crippen molar-refractivity contribution in [2.24, 2.45) is 0 Å². The highest BCUT2D eigenvalue weighted by molar-refractivity contribution is 9.09. The largest absolute Gasteiger partial charge is 0.207 e. The molecule has 1 atom stereocenters. The zero-order valence-corrected chi connectivity index (χ0v) is 11.5. The van der Waals surface area contributed by atoms with Crippen LogP contribution in [0.15, 0.2) is 29.0 Å². The van der Waals surface area contributed by atoms with Crippen molar-refractivity contribution in [3.8, 4) is 0 Å². The molecule has 0 bridgehead atoms. The predicted octanol–water partition coefficient (Wildman–Crippen LogP) is 4.99. The number of thiophene rings is 1. The van der Waals surface area contributed by atoms with Gasteiger partial charge in [0.2, 0.25) is 0 Å². The minimum Gasteiger partial charge on any atom is -0.207 e. The molecule has 0 aliphatic carbocycles. The molecule has 1 unspecified atom stereocenters. The highest BCUT2D eigenvalue weighted by atomic mass is 79.9. The fraction of sp³-hybridized carbons (Fsp3) is 0.231. The van der Waals surface area contributed by atoms with Gasteiger partial charge >= 0.3 is 0 Å². The van der Waals surface area contributed by atoms with Crippen molar-refractivity contribution >= 4 is 27.3 Å². The summed E-state index contributed by atoms with van der Waals surface area (Å²) in [5.41, 5.74) is 4.32. The zero-order chi connectivity index (χ0) is 11.7. The molecule has 16 heavy (non-hydrogen) atoms. The second-order valence-corrected chi connectivity index (χ2v) is 5.54. The molecule has 2 aromatic rings. The standard InChI is InChI=1S/C13H12BrFS/c1-8-5-10(3-4-12(8)15)13(14)11-7-16-6-9(11)2/h3-7,13H,1-2H3. The molecule has 1 aromatic heterocycles. The van der Waals surface area contributed by atoms with Crippen LogP contribution in [0.5, 0.6) is 0 Å². The van der Waals surface area contributed by atoms with Gasteiger partial charge in [0.1, 0.15) is 5.82 Å². The summed E-state index contributed by atoms with van der Waals surface area (Å²) in [4.78, 5) is 0.151. The smallest absolute Gasteiger partial charge is 0.126 e. The van der Waals surface area contributed by atoms with E-state index in [1.165, 1.54) is 17.2 Å². The topological polar surface area (TPSA) is 0 Å². The first kappa shape index (κ1) is 11.8. The van der Waals surface area contributed by atoms with Crippen LogP contribution in [0.25, 0.3) is 0 Å². The molecule has 3 heteroatoms. The van der Waals surface area contributed by atoms with Crippen molar-refractivity contribution in [3.05, 3.63) is 57.0 Å².